The highest BCUT2D eigenvalue weighted by atomic mass is 35.5. The first kappa shape index (κ1) is 18.4. The lowest BCUT2D eigenvalue weighted by Crippen LogP contribution is -2.25. The van der Waals surface area contributed by atoms with Crippen LogP contribution < -0.4 is 11.1 Å². The smallest absolute Gasteiger partial charge is 0.256 e. The fourth-order valence-electron chi connectivity index (χ4n) is 2.51. The Balaban J connectivity index is 0.00000242. The Hall–Kier alpha value is -1.66. The molecule has 0 spiro atoms. The van der Waals surface area contributed by atoms with E-state index in [-0.39, 0.29) is 35.8 Å². The van der Waals surface area contributed by atoms with Gasteiger partial charge in [0.2, 0.25) is 5.91 Å². The van der Waals surface area contributed by atoms with Crippen molar-refractivity contribution in [3.8, 4) is 0 Å². The second-order valence-corrected chi connectivity index (χ2v) is 5.65. The molecule has 7 heteroatoms. The van der Waals surface area contributed by atoms with E-state index in [0.717, 1.165) is 12.8 Å². The summed E-state index contributed by atoms with van der Waals surface area (Å²) in [5.41, 5.74) is 6.16. The van der Waals surface area contributed by atoms with Crippen LogP contribution in [-0.4, -0.2) is 36.9 Å². The molecule has 1 fully saturated rings. The number of halogens is 2. The van der Waals surface area contributed by atoms with Crippen LogP contribution in [0.15, 0.2) is 18.2 Å². The van der Waals surface area contributed by atoms with Crippen molar-refractivity contribution in [1.29, 1.82) is 0 Å². The van der Waals surface area contributed by atoms with Crippen LogP contribution in [0, 0.1) is 11.7 Å². The molecule has 0 bridgehead atoms. The zero-order valence-corrected chi connectivity index (χ0v) is 13.5. The Morgan fingerprint density at radius 2 is 2.00 bits per heavy atom. The van der Waals surface area contributed by atoms with Gasteiger partial charge in [-0.3, -0.25) is 9.59 Å². The Bertz CT molecular complexity index is 566. The molecule has 0 radical (unpaired) electrons. The van der Waals surface area contributed by atoms with Crippen LogP contribution >= 0.6 is 12.4 Å². The third-order valence-corrected chi connectivity index (χ3v) is 3.71. The standard InChI is InChI=1S/C15H20FN3O2.ClH/c1-19(2)15(21)12-8-11(5-6-13(12)16)18-14(20)9-3-4-10(17)7-9;/h5-6,8-10H,3-4,7,17H2,1-2H3,(H,18,20);1H. The summed E-state index contributed by atoms with van der Waals surface area (Å²) in [6.07, 6.45) is 2.26. The molecule has 0 heterocycles. The van der Waals surface area contributed by atoms with Gasteiger partial charge in [-0.25, -0.2) is 4.39 Å². The van der Waals surface area contributed by atoms with E-state index in [4.69, 9.17) is 5.73 Å². The van der Waals surface area contributed by atoms with Crippen LogP contribution in [0.1, 0.15) is 29.6 Å². The summed E-state index contributed by atoms with van der Waals surface area (Å²) >= 11 is 0. The number of hydrogen-bond acceptors (Lipinski definition) is 3. The summed E-state index contributed by atoms with van der Waals surface area (Å²) in [6.45, 7) is 0. The monoisotopic (exact) mass is 329 g/mol. The second-order valence-electron chi connectivity index (χ2n) is 5.65. The average molecular weight is 330 g/mol. The molecule has 1 aliphatic carbocycles. The third kappa shape index (κ3) is 4.18. The molecule has 1 aromatic carbocycles. The van der Waals surface area contributed by atoms with Gasteiger partial charge in [0.15, 0.2) is 0 Å². The molecule has 1 aromatic rings. The minimum absolute atomic E-state index is 0. The van der Waals surface area contributed by atoms with Crippen LogP contribution in [0.25, 0.3) is 0 Å². The predicted molar refractivity (Wildman–Crippen MR) is 85.6 cm³/mol. The molecule has 1 saturated carbocycles. The van der Waals surface area contributed by atoms with Gasteiger partial charge in [-0.1, -0.05) is 0 Å². The first-order valence-electron chi connectivity index (χ1n) is 6.96. The van der Waals surface area contributed by atoms with E-state index in [1.807, 2.05) is 0 Å². The van der Waals surface area contributed by atoms with Crippen molar-refractivity contribution in [3.63, 3.8) is 0 Å². The maximum Gasteiger partial charge on any atom is 0.256 e. The largest absolute Gasteiger partial charge is 0.345 e. The zero-order valence-electron chi connectivity index (χ0n) is 12.6. The van der Waals surface area contributed by atoms with Crippen LogP contribution in [0.2, 0.25) is 0 Å². The molecular weight excluding hydrogens is 309 g/mol. The first-order chi connectivity index (χ1) is 9.88. The summed E-state index contributed by atoms with van der Waals surface area (Å²) in [5, 5.41) is 2.73. The first-order valence-corrected chi connectivity index (χ1v) is 6.96. The molecule has 2 unspecified atom stereocenters. The van der Waals surface area contributed by atoms with Gasteiger partial charge in [0.25, 0.3) is 5.91 Å². The minimum atomic E-state index is -0.602. The molecule has 2 amide bonds. The third-order valence-electron chi connectivity index (χ3n) is 3.71. The predicted octanol–water partition coefficient (Wildman–Crippen LogP) is 2.02. The normalized spacial score (nSPS) is 20.2. The van der Waals surface area contributed by atoms with Crippen LogP contribution in [0.5, 0.6) is 0 Å². The summed E-state index contributed by atoms with van der Waals surface area (Å²) in [5.74, 6) is -1.28. The number of carbonyl (C=O) groups is 2. The average Bonchev–Trinajstić information content (AvgIpc) is 2.86. The molecule has 0 saturated heterocycles. The second kappa shape index (κ2) is 7.56. The quantitative estimate of drug-likeness (QED) is 0.890. The van der Waals surface area contributed by atoms with Gasteiger partial charge in [0.1, 0.15) is 5.82 Å². The van der Waals surface area contributed by atoms with Crippen LogP contribution in [0.3, 0.4) is 0 Å². The number of carbonyl (C=O) groups excluding carboxylic acids is 2. The van der Waals surface area contributed by atoms with Gasteiger partial charge in [0, 0.05) is 31.7 Å². The van der Waals surface area contributed by atoms with E-state index in [2.05, 4.69) is 5.32 Å². The Labute approximate surface area is 135 Å². The summed E-state index contributed by atoms with van der Waals surface area (Å²) in [7, 11) is 3.10. The Morgan fingerprint density at radius 3 is 2.55 bits per heavy atom. The lowest BCUT2D eigenvalue weighted by molar-refractivity contribution is -0.119. The fourth-order valence-corrected chi connectivity index (χ4v) is 2.51. The molecule has 0 aliphatic heterocycles. The topological polar surface area (TPSA) is 75.4 Å². The van der Waals surface area contributed by atoms with Crippen LogP contribution in [-0.2, 0) is 4.79 Å². The number of nitrogens with zero attached hydrogens (tertiary/aromatic N) is 1. The molecular formula is C15H21ClFN3O2. The highest BCUT2D eigenvalue weighted by Gasteiger charge is 2.28. The van der Waals surface area contributed by atoms with E-state index in [0.29, 0.717) is 12.1 Å². The van der Waals surface area contributed by atoms with Gasteiger partial charge in [0.05, 0.1) is 5.56 Å². The van der Waals surface area contributed by atoms with E-state index < -0.39 is 11.7 Å². The van der Waals surface area contributed by atoms with Gasteiger partial charge in [-0.2, -0.15) is 0 Å². The summed E-state index contributed by atoms with van der Waals surface area (Å²) < 4.78 is 13.7. The molecule has 122 valence electrons. The summed E-state index contributed by atoms with van der Waals surface area (Å²) in [6, 6.07) is 4.07. The van der Waals surface area contributed by atoms with E-state index >= 15 is 0 Å². The van der Waals surface area contributed by atoms with Crippen molar-refractivity contribution >= 4 is 29.9 Å². The summed E-state index contributed by atoms with van der Waals surface area (Å²) in [4.78, 5) is 25.3. The SMILES string of the molecule is CN(C)C(=O)c1cc(NC(=O)C2CCC(N)C2)ccc1F.Cl. The minimum Gasteiger partial charge on any atom is -0.345 e. The van der Waals surface area contributed by atoms with Crippen molar-refractivity contribution in [2.75, 3.05) is 19.4 Å². The van der Waals surface area contributed by atoms with Crippen molar-refractivity contribution in [3.05, 3.63) is 29.6 Å². The molecule has 2 rings (SSSR count). The molecule has 3 N–H and O–H groups in total. The fraction of sp³-hybridized carbons (Fsp3) is 0.467. The number of hydrogen-bond donors (Lipinski definition) is 2. The lowest BCUT2D eigenvalue weighted by atomic mass is 10.1. The van der Waals surface area contributed by atoms with E-state index in [1.165, 1.54) is 23.1 Å². The van der Waals surface area contributed by atoms with Gasteiger partial charge < -0.3 is 16.0 Å². The highest BCUT2D eigenvalue weighted by molar-refractivity contribution is 5.97. The molecule has 22 heavy (non-hydrogen) atoms. The van der Waals surface area contributed by atoms with Crippen molar-refractivity contribution in [1.82, 2.24) is 4.90 Å². The maximum atomic E-state index is 13.7. The maximum absolute atomic E-state index is 13.7. The van der Waals surface area contributed by atoms with Gasteiger partial charge >= 0.3 is 0 Å². The number of anilines is 1. The molecule has 0 aromatic heterocycles. The molecule has 2 atom stereocenters. The van der Waals surface area contributed by atoms with Gasteiger partial charge in [-0.05, 0) is 37.5 Å². The molecule has 5 nitrogen and oxygen atoms in total. The number of benzene rings is 1. The highest BCUT2D eigenvalue weighted by Crippen LogP contribution is 2.26. The van der Waals surface area contributed by atoms with Crippen molar-refractivity contribution < 1.29 is 14.0 Å². The van der Waals surface area contributed by atoms with E-state index in [9.17, 15) is 14.0 Å². The number of nitrogens with one attached hydrogen (secondary N) is 1. The van der Waals surface area contributed by atoms with Crippen molar-refractivity contribution in [2.24, 2.45) is 11.7 Å². The Morgan fingerprint density at radius 1 is 1.32 bits per heavy atom. The molecule has 1 aliphatic rings. The number of rotatable bonds is 3. The van der Waals surface area contributed by atoms with Gasteiger partial charge in [-0.15, -0.1) is 12.4 Å². The Kier molecular flexibility index (Phi) is 6.32. The number of nitrogens with two attached hydrogens (primary N) is 1. The van der Waals surface area contributed by atoms with Crippen LogP contribution in [0.4, 0.5) is 10.1 Å². The number of amides is 2. The van der Waals surface area contributed by atoms with Crippen molar-refractivity contribution in [2.45, 2.75) is 25.3 Å². The van der Waals surface area contributed by atoms with E-state index in [1.54, 1.807) is 14.1 Å². The lowest BCUT2D eigenvalue weighted by Gasteiger charge is -2.14. The zero-order chi connectivity index (χ0) is 15.6.